The van der Waals surface area contributed by atoms with Crippen LogP contribution in [0.5, 0.6) is 0 Å². The molecule has 0 unspecified atom stereocenters. The minimum atomic E-state index is -1.13. The van der Waals surface area contributed by atoms with Gasteiger partial charge in [0.2, 0.25) is 11.2 Å². The highest BCUT2D eigenvalue weighted by molar-refractivity contribution is 6.28. The van der Waals surface area contributed by atoms with Crippen LogP contribution >= 0.6 is 11.6 Å². The third-order valence-electron chi connectivity index (χ3n) is 7.60. The number of fused-ring (bicyclic) bond motifs is 2. The maximum atomic E-state index is 12.4. The highest BCUT2D eigenvalue weighted by Crippen LogP contribution is 2.67. The van der Waals surface area contributed by atoms with Crippen LogP contribution in [0.1, 0.15) is 38.1 Å². The van der Waals surface area contributed by atoms with Crippen LogP contribution < -0.4 is 10.6 Å². The molecule has 1 amide bonds. The van der Waals surface area contributed by atoms with Gasteiger partial charge < -0.3 is 25.4 Å². The zero-order valence-electron chi connectivity index (χ0n) is 16.6. The Balaban J connectivity index is 1.38. The Bertz CT molecular complexity index is 1020. The fourth-order valence-corrected chi connectivity index (χ4v) is 5.85. The number of aliphatic hydroxyl groups excluding tert-OH is 2. The van der Waals surface area contributed by atoms with Crippen LogP contribution in [-0.4, -0.2) is 60.9 Å². The number of aromatic nitrogens is 4. The summed E-state index contributed by atoms with van der Waals surface area (Å²) >= 11 is 6.27. The van der Waals surface area contributed by atoms with Gasteiger partial charge in [-0.15, -0.1) is 0 Å². The maximum Gasteiger partial charge on any atom is 0.229 e. The number of hydrogen-bond acceptors (Lipinski definition) is 7. The third kappa shape index (κ3) is 2.55. The topological polar surface area (TPSA) is 125 Å². The molecule has 5 atom stereocenters. The maximum absolute atomic E-state index is 12.4. The number of hydrogen-bond donors (Lipinski definition) is 4. The monoisotopic (exact) mass is 432 g/mol. The number of aliphatic hydroxyl groups is 2. The second-order valence-electron chi connectivity index (χ2n) is 9.37. The van der Waals surface area contributed by atoms with Crippen molar-refractivity contribution in [2.75, 3.05) is 12.4 Å². The molecular weight excluding hydrogens is 408 g/mol. The van der Waals surface area contributed by atoms with E-state index in [0.29, 0.717) is 41.3 Å². The molecule has 0 radical (unpaired) electrons. The van der Waals surface area contributed by atoms with Crippen LogP contribution in [-0.2, 0) is 4.79 Å². The molecule has 9 nitrogen and oxygen atoms in total. The molecule has 0 saturated heterocycles. The second kappa shape index (κ2) is 6.27. The summed E-state index contributed by atoms with van der Waals surface area (Å²) in [6.45, 7) is 0. The van der Waals surface area contributed by atoms with E-state index in [-0.39, 0.29) is 17.1 Å². The molecule has 4 fully saturated rings. The smallest absolute Gasteiger partial charge is 0.229 e. The number of imidazole rings is 1. The first-order valence-electron chi connectivity index (χ1n) is 10.7. The lowest BCUT2D eigenvalue weighted by atomic mass is 9.98. The van der Waals surface area contributed by atoms with Crippen molar-refractivity contribution < 1.29 is 15.0 Å². The van der Waals surface area contributed by atoms with Gasteiger partial charge in [0.15, 0.2) is 17.0 Å². The molecule has 0 bridgehead atoms. The molecule has 2 aromatic heterocycles. The largest absolute Gasteiger partial charge is 0.389 e. The molecule has 160 valence electrons. The van der Waals surface area contributed by atoms with Crippen LogP contribution in [0.2, 0.25) is 5.28 Å². The van der Waals surface area contributed by atoms with Crippen LogP contribution in [0.15, 0.2) is 6.33 Å². The molecule has 30 heavy (non-hydrogen) atoms. The van der Waals surface area contributed by atoms with E-state index in [1.807, 2.05) is 0 Å². The summed E-state index contributed by atoms with van der Waals surface area (Å²) in [5.41, 5.74) is 0.167. The zero-order chi connectivity index (χ0) is 20.8. The Labute approximate surface area is 178 Å². The van der Waals surface area contributed by atoms with Gasteiger partial charge in [-0.2, -0.15) is 9.97 Å². The SMILES string of the molecule is CNC(=O)[C@]12C[C@@H]1[C@@H](n1cnc3c(NC(C4CC4)C4CC4)nc(Cl)nc31)[C@H](O)[C@@H]2O. The van der Waals surface area contributed by atoms with Crippen molar-refractivity contribution in [2.24, 2.45) is 23.2 Å². The highest BCUT2D eigenvalue weighted by atomic mass is 35.5. The number of halogens is 1. The predicted molar refractivity (Wildman–Crippen MR) is 109 cm³/mol. The number of anilines is 1. The predicted octanol–water partition coefficient (Wildman–Crippen LogP) is 1.11. The van der Waals surface area contributed by atoms with Crippen molar-refractivity contribution in [3.8, 4) is 0 Å². The van der Waals surface area contributed by atoms with Gasteiger partial charge in [-0.25, -0.2) is 4.98 Å². The minimum Gasteiger partial charge on any atom is -0.389 e. The summed E-state index contributed by atoms with van der Waals surface area (Å²) < 4.78 is 1.76. The first kappa shape index (κ1) is 18.8. The van der Waals surface area contributed by atoms with Gasteiger partial charge in [0.1, 0.15) is 6.10 Å². The molecule has 4 saturated carbocycles. The number of nitrogens with zero attached hydrogens (tertiary/aromatic N) is 4. The molecule has 4 aliphatic carbocycles. The van der Waals surface area contributed by atoms with Gasteiger partial charge in [-0.05, 0) is 55.5 Å². The first-order chi connectivity index (χ1) is 14.5. The lowest BCUT2D eigenvalue weighted by Crippen LogP contribution is -2.41. The summed E-state index contributed by atoms with van der Waals surface area (Å²) in [6.07, 6.45) is 4.86. The van der Waals surface area contributed by atoms with Crippen molar-refractivity contribution in [3.05, 3.63) is 11.6 Å². The average molecular weight is 433 g/mol. The van der Waals surface area contributed by atoms with Gasteiger partial charge in [-0.3, -0.25) is 4.79 Å². The minimum absolute atomic E-state index is 0.110. The molecule has 0 aliphatic heterocycles. The standard InChI is InChI=1S/C20H25ClN6O3/c1-22-18(30)20-6-10(20)13(14(28)15(20)29)27-7-23-12-16(25-19(21)26-17(12)27)24-11(8-2-3-8)9-4-5-9/h7-11,13-15,28-29H,2-6H2,1H3,(H,22,30)(H,24,25,26)/t10-,13-,14+,15+,20-/m1/s1. The molecule has 4 aliphatic rings. The van der Waals surface area contributed by atoms with E-state index in [0.717, 1.165) is 0 Å². The number of nitrogens with one attached hydrogen (secondary N) is 2. The highest BCUT2D eigenvalue weighted by Gasteiger charge is 2.75. The summed E-state index contributed by atoms with van der Waals surface area (Å²) in [4.78, 5) is 25.8. The summed E-state index contributed by atoms with van der Waals surface area (Å²) in [6, 6.07) is -0.115. The second-order valence-corrected chi connectivity index (χ2v) is 9.70. The fourth-order valence-electron chi connectivity index (χ4n) is 5.68. The third-order valence-corrected chi connectivity index (χ3v) is 7.77. The number of carbonyl (C=O) groups excluding carboxylic acids is 1. The Hall–Kier alpha value is -1.97. The van der Waals surface area contributed by atoms with E-state index in [1.165, 1.54) is 25.7 Å². The van der Waals surface area contributed by atoms with E-state index in [9.17, 15) is 15.0 Å². The van der Waals surface area contributed by atoms with Crippen molar-refractivity contribution in [1.29, 1.82) is 0 Å². The van der Waals surface area contributed by atoms with E-state index in [2.05, 4.69) is 25.6 Å². The van der Waals surface area contributed by atoms with Crippen LogP contribution in [0, 0.1) is 23.2 Å². The lowest BCUT2D eigenvalue weighted by molar-refractivity contribution is -0.132. The number of amides is 1. The molecule has 0 spiro atoms. The van der Waals surface area contributed by atoms with Crippen molar-refractivity contribution in [1.82, 2.24) is 24.8 Å². The van der Waals surface area contributed by atoms with Crippen molar-refractivity contribution >= 4 is 34.5 Å². The summed E-state index contributed by atoms with van der Waals surface area (Å²) in [5, 5.41) is 27.7. The lowest BCUT2D eigenvalue weighted by Gasteiger charge is -2.23. The van der Waals surface area contributed by atoms with Gasteiger partial charge >= 0.3 is 0 Å². The molecule has 0 aromatic carbocycles. The van der Waals surface area contributed by atoms with Gasteiger partial charge in [0.25, 0.3) is 0 Å². The van der Waals surface area contributed by atoms with E-state index in [4.69, 9.17) is 11.6 Å². The normalized spacial score (nSPS) is 35.0. The molecule has 6 rings (SSSR count). The molecule has 2 heterocycles. The van der Waals surface area contributed by atoms with Crippen LogP contribution in [0.4, 0.5) is 5.82 Å². The molecule has 10 heteroatoms. The Morgan fingerprint density at radius 3 is 2.60 bits per heavy atom. The van der Waals surface area contributed by atoms with Crippen LogP contribution in [0.3, 0.4) is 0 Å². The van der Waals surface area contributed by atoms with E-state index in [1.54, 1.807) is 17.9 Å². The molecular formula is C20H25ClN6O3. The Kier molecular flexibility index (Phi) is 3.93. The van der Waals surface area contributed by atoms with E-state index < -0.39 is 23.7 Å². The first-order valence-corrected chi connectivity index (χ1v) is 11.1. The van der Waals surface area contributed by atoms with Gasteiger partial charge in [0, 0.05) is 19.0 Å². The molecule has 4 N–H and O–H groups in total. The number of carbonyl (C=O) groups is 1. The zero-order valence-corrected chi connectivity index (χ0v) is 17.4. The summed E-state index contributed by atoms with van der Waals surface area (Å²) in [5.74, 6) is 1.55. The Morgan fingerprint density at radius 1 is 1.27 bits per heavy atom. The fraction of sp³-hybridized carbons (Fsp3) is 0.700. The van der Waals surface area contributed by atoms with Gasteiger partial charge in [-0.1, -0.05) is 0 Å². The van der Waals surface area contributed by atoms with E-state index >= 15 is 0 Å². The van der Waals surface area contributed by atoms with Gasteiger partial charge in [0.05, 0.1) is 23.9 Å². The Morgan fingerprint density at radius 2 is 1.97 bits per heavy atom. The van der Waals surface area contributed by atoms with Crippen LogP contribution in [0.25, 0.3) is 11.2 Å². The quantitative estimate of drug-likeness (QED) is 0.504. The number of rotatable bonds is 6. The summed E-state index contributed by atoms with van der Waals surface area (Å²) in [7, 11) is 1.55. The average Bonchev–Trinajstić information content (AvgIpc) is 3.61. The van der Waals surface area contributed by atoms with Crippen molar-refractivity contribution in [3.63, 3.8) is 0 Å². The molecule has 2 aromatic rings. The van der Waals surface area contributed by atoms with Crippen molar-refractivity contribution in [2.45, 2.75) is 56.4 Å².